The Morgan fingerprint density at radius 2 is 1.77 bits per heavy atom. The zero-order valence-corrected chi connectivity index (χ0v) is 14.9. The molecule has 128 valence electrons. The van der Waals surface area contributed by atoms with Crippen molar-refractivity contribution in [1.82, 2.24) is 15.1 Å². The van der Waals surface area contributed by atoms with E-state index >= 15 is 0 Å². The van der Waals surface area contributed by atoms with Crippen LogP contribution in [0.25, 0.3) is 0 Å². The second kappa shape index (κ2) is 7.18. The Morgan fingerprint density at radius 1 is 1.14 bits per heavy atom. The van der Waals surface area contributed by atoms with E-state index < -0.39 is 5.60 Å². The Hall–Kier alpha value is -0.810. The van der Waals surface area contributed by atoms with Crippen molar-refractivity contribution in [2.75, 3.05) is 32.7 Å². The summed E-state index contributed by atoms with van der Waals surface area (Å²) in [4.78, 5) is 16.8. The number of rotatable bonds is 2. The highest BCUT2D eigenvalue weighted by Gasteiger charge is 2.35. The Bertz CT molecular complexity index is 375. The van der Waals surface area contributed by atoms with Crippen molar-refractivity contribution in [1.29, 1.82) is 0 Å². The molecule has 0 aromatic carbocycles. The fourth-order valence-electron chi connectivity index (χ4n) is 3.42. The number of piperidine rings is 1. The molecule has 2 rings (SSSR count). The maximum absolute atomic E-state index is 12.3. The molecule has 0 saturated carbocycles. The molecule has 1 N–H and O–H groups in total. The summed E-state index contributed by atoms with van der Waals surface area (Å²) in [7, 11) is 0. The molecule has 5 nitrogen and oxygen atoms in total. The first-order chi connectivity index (χ1) is 10.3. The second-order valence-electron chi connectivity index (χ2n) is 7.98. The number of carbonyl (C=O) groups is 1. The molecular weight excluding hydrogens is 278 g/mol. The smallest absolute Gasteiger partial charge is 0.410 e. The van der Waals surface area contributed by atoms with Crippen molar-refractivity contribution in [3.63, 3.8) is 0 Å². The zero-order valence-electron chi connectivity index (χ0n) is 14.9. The van der Waals surface area contributed by atoms with E-state index in [0.29, 0.717) is 6.04 Å². The SMILES string of the molecule is C[C@@H]1CN(CC2CCNCC2)[C@@H](C)CN1C(=O)OC(C)(C)C. The van der Waals surface area contributed by atoms with Crippen LogP contribution in [0.4, 0.5) is 4.79 Å². The molecule has 2 heterocycles. The van der Waals surface area contributed by atoms with E-state index in [4.69, 9.17) is 4.74 Å². The first-order valence-electron chi connectivity index (χ1n) is 8.70. The van der Waals surface area contributed by atoms with Gasteiger partial charge >= 0.3 is 6.09 Å². The van der Waals surface area contributed by atoms with Gasteiger partial charge in [0.25, 0.3) is 0 Å². The predicted octanol–water partition coefficient (Wildman–Crippen LogP) is 2.32. The van der Waals surface area contributed by atoms with Crippen LogP contribution in [-0.2, 0) is 4.74 Å². The van der Waals surface area contributed by atoms with Crippen molar-refractivity contribution < 1.29 is 9.53 Å². The predicted molar refractivity (Wildman–Crippen MR) is 89.0 cm³/mol. The molecule has 2 saturated heterocycles. The average Bonchev–Trinajstić information content (AvgIpc) is 2.41. The third-order valence-electron chi connectivity index (χ3n) is 4.69. The van der Waals surface area contributed by atoms with Gasteiger partial charge in [-0.05, 0) is 66.5 Å². The highest BCUT2D eigenvalue weighted by atomic mass is 16.6. The van der Waals surface area contributed by atoms with E-state index in [9.17, 15) is 4.79 Å². The minimum Gasteiger partial charge on any atom is -0.444 e. The highest BCUT2D eigenvalue weighted by Crippen LogP contribution is 2.22. The summed E-state index contributed by atoms with van der Waals surface area (Å²) in [6.07, 6.45) is 2.37. The van der Waals surface area contributed by atoms with Gasteiger partial charge in [0, 0.05) is 31.7 Å². The minimum absolute atomic E-state index is 0.173. The number of carbonyl (C=O) groups excluding carboxylic acids is 1. The van der Waals surface area contributed by atoms with E-state index in [1.807, 2.05) is 25.7 Å². The Kier molecular flexibility index (Phi) is 5.72. The molecule has 0 aliphatic carbocycles. The summed E-state index contributed by atoms with van der Waals surface area (Å²) < 4.78 is 5.54. The van der Waals surface area contributed by atoms with Crippen molar-refractivity contribution in [2.45, 2.75) is 65.1 Å². The number of hydrogen-bond donors (Lipinski definition) is 1. The number of ether oxygens (including phenoxy) is 1. The van der Waals surface area contributed by atoms with Crippen LogP contribution in [0.15, 0.2) is 0 Å². The maximum Gasteiger partial charge on any atom is 0.410 e. The second-order valence-corrected chi connectivity index (χ2v) is 7.98. The molecule has 2 aliphatic rings. The van der Waals surface area contributed by atoms with Crippen LogP contribution in [0.5, 0.6) is 0 Å². The normalized spacial score (nSPS) is 28.7. The van der Waals surface area contributed by atoms with Gasteiger partial charge in [0.1, 0.15) is 5.60 Å². The van der Waals surface area contributed by atoms with Gasteiger partial charge in [0.2, 0.25) is 0 Å². The van der Waals surface area contributed by atoms with E-state index in [0.717, 1.165) is 38.6 Å². The summed E-state index contributed by atoms with van der Waals surface area (Å²) in [6.45, 7) is 15.3. The maximum atomic E-state index is 12.3. The van der Waals surface area contributed by atoms with E-state index in [2.05, 4.69) is 24.1 Å². The van der Waals surface area contributed by atoms with Crippen LogP contribution in [-0.4, -0.2) is 66.3 Å². The lowest BCUT2D eigenvalue weighted by Crippen LogP contribution is -2.59. The third kappa shape index (κ3) is 4.85. The first kappa shape index (κ1) is 17.5. The van der Waals surface area contributed by atoms with Crippen molar-refractivity contribution in [3.8, 4) is 0 Å². The molecule has 0 spiro atoms. The molecule has 1 amide bonds. The van der Waals surface area contributed by atoms with Crippen LogP contribution >= 0.6 is 0 Å². The average molecular weight is 311 g/mol. The molecule has 0 aromatic rings. The molecular formula is C17H33N3O2. The van der Waals surface area contributed by atoms with Gasteiger partial charge in [-0.25, -0.2) is 4.79 Å². The lowest BCUT2D eigenvalue weighted by atomic mass is 9.96. The molecule has 2 fully saturated rings. The third-order valence-corrected chi connectivity index (χ3v) is 4.69. The van der Waals surface area contributed by atoms with Crippen LogP contribution in [0.2, 0.25) is 0 Å². The Balaban J connectivity index is 1.89. The molecule has 0 unspecified atom stereocenters. The standard InChI is InChI=1S/C17H33N3O2/c1-13-11-20(16(21)22-17(3,4)5)14(2)10-19(13)12-15-6-8-18-9-7-15/h13-15,18H,6-12H2,1-5H3/t13-,14+/m0/s1. The van der Waals surface area contributed by atoms with Crippen molar-refractivity contribution in [3.05, 3.63) is 0 Å². The number of piperazine rings is 1. The van der Waals surface area contributed by atoms with E-state index in [1.54, 1.807) is 0 Å². The van der Waals surface area contributed by atoms with Crippen LogP contribution in [0, 0.1) is 5.92 Å². The van der Waals surface area contributed by atoms with E-state index in [-0.39, 0.29) is 12.1 Å². The summed E-state index contributed by atoms with van der Waals surface area (Å²) in [5.41, 5.74) is -0.424. The first-order valence-corrected chi connectivity index (χ1v) is 8.70. The lowest BCUT2D eigenvalue weighted by molar-refractivity contribution is -0.0136. The molecule has 2 atom stereocenters. The molecule has 2 aliphatic heterocycles. The molecule has 5 heteroatoms. The van der Waals surface area contributed by atoms with Crippen molar-refractivity contribution >= 4 is 6.09 Å². The fraction of sp³-hybridized carbons (Fsp3) is 0.941. The van der Waals surface area contributed by atoms with Gasteiger partial charge in [-0.15, -0.1) is 0 Å². The zero-order chi connectivity index (χ0) is 16.3. The van der Waals surface area contributed by atoms with Crippen molar-refractivity contribution in [2.24, 2.45) is 5.92 Å². The van der Waals surface area contributed by atoms with Crippen LogP contribution in [0.3, 0.4) is 0 Å². The topological polar surface area (TPSA) is 44.8 Å². The van der Waals surface area contributed by atoms with Crippen LogP contribution < -0.4 is 5.32 Å². The quantitative estimate of drug-likeness (QED) is 0.850. The number of nitrogens with one attached hydrogen (secondary N) is 1. The summed E-state index contributed by atoms with van der Waals surface area (Å²) in [5, 5.41) is 3.43. The highest BCUT2D eigenvalue weighted by molar-refractivity contribution is 5.68. The summed E-state index contributed by atoms with van der Waals surface area (Å²) >= 11 is 0. The van der Waals surface area contributed by atoms with Gasteiger partial charge in [-0.2, -0.15) is 0 Å². The monoisotopic (exact) mass is 311 g/mol. The fourth-order valence-corrected chi connectivity index (χ4v) is 3.42. The van der Waals surface area contributed by atoms with Gasteiger partial charge < -0.3 is 15.0 Å². The number of amides is 1. The molecule has 22 heavy (non-hydrogen) atoms. The lowest BCUT2D eigenvalue weighted by Gasteiger charge is -2.45. The molecule has 0 radical (unpaired) electrons. The minimum atomic E-state index is -0.424. The Morgan fingerprint density at radius 3 is 2.36 bits per heavy atom. The van der Waals surface area contributed by atoms with Gasteiger partial charge in [0.05, 0.1) is 0 Å². The van der Waals surface area contributed by atoms with Gasteiger partial charge in [-0.1, -0.05) is 0 Å². The largest absolute Gasteiger partial charge is 0.444 e. The number of nitrogens with zero attached hydrogens (tertiary/aromatic N) is 2. The summed E-state index contributed by atoms with van der Waals surface area (Å²) in [5.74, 6) is 0.795. The van der Waals surface area contributed by atoms with E-state index in [1.165, 1.54) is 12.8 Å². The van der Waals surface area contributed by atoms with Gasteiger partial charge in [0.15, 0.2) is 0 Å². The van der Waals surface area contributed by atoms with Gasteiger partial charge in [-0.3, -0.25) is 4.90 Å². The number of hydrogen-bond acceptors (Lipinski definition) is 4. The Labute approximate surface area is 135 Å². The van der Waals surface area contributed by atoms with Crippen LogP contribution in [0.1, 0.15) is 47.5 Å². The summed E-state index contributed by atoms with van der Waals surface area (Å²) in [6, 6.07) is 0.617. The molecule has 0 bridgehead atoms. The molecule has 0 aromatic heterocycles.